The Kier molecular flexibility index (Phi) is 3.03. The highest BCUT2D eigenvalue weighted by molar-refractivity contribution is 7.13. The first-order valence-corrected chi connectivity index (χ1v) is 6.05. The van der Waals surface area contributed by atoms with E-state index in [0.29, 0.717) is 5.13 Å². The van der Waals surface area contributed by atoms with E-state index in [1.807, 2.05) is 5.38 Å². The first kappa shape index (κ1) is 9.93. The maximum Gasteiger partial charge on any atom is 0.180 e. The molecule has 2 rings (SSSR count). The van der Waals surface area contributed by atoms with Crippen LogP contribution >= 0.6 is 11.3 Å². The molecule has 3 N–H and O–H groups in total. The molecule has 1 fully saturated rings. The second kappa shape index (κ2) is 4.28. The Morgan fingerprint density at radius 2 is 2.43 bits per heavy atom. The third kappa shape index (κ3) is 2.45. The summed E-state index contributed by atoms with van der Waals surface area (Å²) in [6, 6.07) is 0.751. The van der Waals surface area contributed by atoms with E-state index in [0.717, 1.165) is 30.6 Å². The van der Waals surface area contributed by atoms with Gasteiger partial charge in [0.05, 0.1) is 5.69 Å². The van der Waals surface area contributed by atoms with Crippen molar-refractivity contribution < 1.29 is 0 Å². The summed E-state index contributed by atoms with van der Waals surface area (Å²) in [5.41, 5.74) is 6.67. The molecule has 0 bridgehead atoms. The zero-order valence-electron chi connectivity index (χ0n) is 8.49. The molecule has 0 atom stereocenters. The average Bonchev–Trinajstić information content (AvgIpc) is 2.48. The summed E-state index contributed by atoms with van der Waals surface area (Å²) in [7, 11) is 0. The fourth-order valence-corrected chi connectivity index (χ4v) is 2.51. The molecular formula is C10H17N3S. The third-order valence-electron chi connectivity index (χ3n) is 2.76. The van der Waals surface area contributed by atoms with Gasteiger partial charge in [-0.05, 0) is 18.8 Å². The summed E-state index contributed by atoms with van der Waals surface area (Å²) < 4.78 is 0. The van der Waals surface area contributed by atoms with Crippen LogP contribution in [0.1, 0.15) is 25.5 Å². The number of hydrogen-bond donors (Lipinski definition) is 2. The van der Waals surface area contributed by atoms with Crippen molar-refractivity contribution in [3.8, 4) is 0 Å². The first-order chi connectivity index (χ1) is 6.74. The summed E-state index contributed by atoms with van der Waals surface area (Å²) in [6.07, 6.45) is 3.66. The molecular weight excluding hydrogens is 194 g/mol. The van der Waals surface area contributed by atoms with Gasteiger partial charge in [0.15, 0.2) is 5.13 Å². The van der Waals surface area contributed by atoms with Gasteiger partial charge in [0.2, 0.25) is 0 Å². The number of nitrogens with one attached hydrogen (secondary N) is 1. The Morgan fingerprint density at radius 1 is 1.64 bits per heavy atom. The number of rotatable bonds is 4. The summed E-state index contributed by atoms with van der Waals surface area (Å²) in [5, 5.41) is 6.25. The lowest BCUT2D eigenvalue weighted by molar-refractivity contribution is 0.243. The Hall–Kier alpha value is -0.610. The maximum absolute atomic E-state index is 5.55. The standard InChI is InChI=1S/C10H17N3S/c1-7-4-9(5-7)12-3-2-8-6-14-10(11)13-8/h6-7,9,12H,2-5H2,1H3,(H2,11,13). The molecule has 0 spiro atoms. The normalized spacial score (nSPS) is 26.1. The van der Waals surface area contributed by atoms with Crippen LogP contribution in [0.15, 0.2) is 5.38 Å². The molecule has 0 radical (unpaired) electrons. The number of anilines is 1. The topological polar surface area (TPSA) is 50.9 Å². The van der Waals surface area contributed by atoms with Crippen LogP contribution in [0.4, 0.5) is 5.13 Å². The SMILES string of the molecule is CC1CC(NCCc2csc(N)n2)C1. The van der Waals surface area contributed by atoms with Gasteiger partial charge in [-0.25, -0.2) is 4.98 Å². The molecule has 14 heavy (non-hydrogen) atoms. The summed E-state index contributed by atoms with van der Waals surface area (Å²) in [5.74, 6) is 0.919. The third-order valence-corrected chi connectivity index (χ3v) is 3.48. The average molecular weight is 211 g/mol. The highest BCUT2D eigenvalue weighted by Gasteiger charge is 2.24. The van der Waals surface area contributed by atoms with Gasteiger partial charge in [0.1, 0.15) is 0 Å². The molecule has 0 aromatic carbocycles. The van der Waals surface area contributed by atoms with E-state index >= 15 is 0 Å². The van der Waals surface area contributed by atoms with Crippen LogP contribution in [0.25, 0.3) is 0 Å². The van der Waals surface area contributed by atoms with E-state index in [-0.39, 0.29) is 0 Å². The predicted octanol–water partition coefficient (Wildman–Crippen LogP) is 1.66. The largest absolute Gasteiger partial charge is 0.375 e. The van der Waals surface area contributed by atoms with Crippen LogP contribution in [0, 0.1) is 5.92 Å². The minimum absolute atomic E-state index is 0.678. The maximum atomic E-state index is 5.55. The van der Waals surface area contributed by atoms with Crippen molar-refractivity contribution in [1.29, 1.82) is 0 Å². The van der Waals surface area contributed by atoms with Gasteiger partial charge < -0.3 is 11.1 Å². The van der Waals surface area contributed by atoms with E-state index in [1.165, 1.54) is 24.2 Å². The first-order valence-electron chi connectivity index (χ1n) is 5.17. The molecule has 78 valence electrons. The van der Waals surface area contributed by atoms with E-state index < -0.39 is 0 Å². The van der Waals surface area contributed by atoms with E-state index in [1.54, 1.807) is 0 Å². The van der Waals surface area contributed by atoms with Crippen molar-refractivity contribution in [1.82, 2.24) is 10.3 Å². The number of nitrogens with two attached hydrogens (primary N) is 1. The van der Waals surface area contributed by atoms with Crippen LogP contribution in [0.3, 0.4) is 0 Å². The van der Waals surface area contributed by atoms with Crippen LogP contribution in [0.5, 0.6) is 0 Å². The lowest BCUT2D eigenvalue weighted by atomic mass is 9.82. The molecule has 0 unspecified atom stereocenters. The van der Waals surface area contributed by atoms with Crippen LogP contribution in [0.2, 0.25) is 0 Å². The van der Waals surface area contributed by atoms with Crippen molar-refractivity contribution in [2.24, 2.45) is 5.92 Å². The van der Waals surface area contributed by atoms with Gasteiger partial charge in [0.25, 0.3) is 0 Å². The van der Waals surface area contributed by atoms with Gasteiger partial charge in [-0.1, -0.05) is 6.92 Å². The van der Waals surface area contributed by atoms with Crippen molar-refractivity contribution >= 4 is 16.5 Å². The van der Waals surface area contributed by atoms with Gasteiger partial charge in [-0.2, -0.15) is 0 Å². The molecule has 1 saturated carbocycles. The van der Waals surface area contributed by atoms with E-state index in [9.17, 15) is 0 Å². The van der Waals surface area contributed by atoms with Crippen molar-refractivity contribution in [2.45, 2.75) is 32.2 Å². The Labute approximate surface area is 88.7 Å². The van der Waals surface area contributed by atoms with Crippen molar-refractivity contribution in [3.63, 3.8) is 0 Å². The lowest BCUT2D eigenvalue weighted by Gasteiger charge is -2.33. The van der Waals surface area contributed by atoms with Crippen LogP contribution in [-0.2, 0) is 6.42 Å². The van der Waals surface area contributed by atoms with Crippen molar-refractivity contribution in [2.75, 3.05) is 12.3 Å². The minimum Gasteiger partial charge on any atom is -0.375 e. The van der Waals surface area contributed by atoms with Gasteiger partial charge in [-0.15, -0.1) is 11.3 Å². The molecule has 1 aliphatic carbocycles. The Balaban J connectivity index is 1.63. The molecule has 1 heterocycles. The Bertz CT molecular complexity index is 291. The van der Waals surface area contributed by atoms with Crippen LogP contribution < -0.4 is 11.1 Å². The van der Waals surface area contributed by atoms with Crippen molar-refractivity contribution in [3.05, 3.63) is 11.1 Å². The van der Waals surface area contributed by atoms with Gasteiger partial charge in [-0.3, -0.25) is 0 Å². The smallest absolute Gasteiger partial charge is 0.180 e. The molecule has 0 saturated heterocycles. The van der Waals surface area contributed by atoms with E-state index in [2.05, 4.69) is 17.2 Å². The zero-order valence-corrected chi connectivity index (χ0v) is 9.31. The number of nitrogens with zero attached hydrogens (tertiary/aromatic N) is 1. The molecule has 4 heteroatoms. The van der Waals surface area contributed by atoms with Gasteiger partial charge >= 0.3 is 0 Å². The predicted molar refractivity (Wildman–Crippen MR) is 60.4 cm³/mol. The minimum atomic E-state index is 0.678. The Morgan fingerprint density at radius 3 is 3.00 bits per heavy atom. The zero-order chi connectivity index (χ0) is 9.97. The van der Waals surface area contributed by atoms with E-state index in [4.69, 9.17) is 5.73 Å². The summed E-state index contributed by atoms with van der Waals surface area (Å²) in [4.78, 5) is 4.22. The second-order valence-corrected chi connectivity index (χ2v) is 5.04. The summed E-state index contributed by atoms with van der Waals surface area (Å²) in [6.45, 7) is 3.33. The fraction of sp³-hybridized carbons (Fsp3) is 0.700. The molecule has 1 aromatic heterocycles. The molecule has 0 aliphatic heterocycles. The lowest BCUT2D eigenvalue weighted by Crippen LogP contribution is -2.40. The number of nitrogen functional groups attached to an aromatic ring is 1. The number of aromatic nitrogens is 1. The summed E-state index contributed by atoms with van der Waals surface area (Å²) >= 11 is 1.52. The second-order valence-electron chi connectivity index (χ2n) is 4.15. The highest BCUT2D eigenvalue weighted by Crippen LogP contribution is 2.26. The number of thiazole rings is 1. The van der Waals surface area contributed by atoms with Gasteiger partial charge in [0, 0.05) is 24.4 Å². The molecule has 1 aromatic rings. The number of hydrogen-bond acceptors (Lipinski definition) is 4. The highest BCUT2D eigenvalue weighted by atomic mass is 32.1. The molecule has 1 aliphatic rings. The fourth-order valence-electron chi connectivity index (χ4n) is 1.91. The monoisotopic (exact) mass is 211 g/mol. The van der Waals surface area contributed by atoms with Crippen LogP contribution in [-0.4, -0.2) is 17.6 Å². The molecule has 3 nitrogen and oxygen atoms in total. The quantitative estimate of drug-likeness (QED) is 0.796. The molecule has 0 amide bonds.